The van der Waals surface area contributed by atoms with Crippen LogP contribution in [0.1, 0.15) is 19.3 Å². The van der Waals surface area contributed by atoms with Gasteiger partial charge in [0.2, 0.25) is 0 Å². The lowest BCUT2D eigenvalue weighted by atomic mass is 10.2. The van der Waals surface area contributed by atoms with Crippen LogP contribution in [0, 0.1) is 3.57 Å². The maximum absolute atomic E-state index is 11.4. The molecule has 16 heavy (non-hydrogen) atoms. The quantitative estimate of drug-likeness (QED) is 0.600. The van der Waals surface area contributed by atoms with Gasteiger partial charge in [-0.15, -0.1) is 0 Å². The van der Waals surface area contributed by atoms with Gasteiger partial charge in [-0.05, 0) is 41.9 Å². The predicted molar refractivity (Wildman–Crippen MR) is 71.8 cm³/mol. The highest BCUT2D eigenvalue weighted by Gasteiger charge is 2.09. The Morgan fingerprint density at radius 1 is 1.50 bits per heavy atom. The van der Waals surface area contributed by atoms with Crippen molar-refractivity contribution in [3.05, 3.63) is 20.3 Å². The molecule has 0 fully saturated rings. The summed E-state index contributed by atoms with van der Waals surface area (Å²) in [6, 6.07) is 0. The lowest BCUT2D eigenvalue weighted by molar-refractivity contribution is 0.283. The lowest BCUT2D eigenvalue weighted by Gasteiger charge is -2.18. The molecular weight excluding hydrogens is 321 g/mol. The van der Waals surface area contributed by atoms with E-state index in [1.807, 2.05) is 34.5 Å². The maximum atomic E-state index is 11.4. The van der Waals surface area contributed by atoms with Crippen LogP contribution in [0.15, 0.2) is 11.1 Å². The topological polar surface area (TPSA) is 69.2 Å². The second-order valence-electron chi connectivity index (χ2n) is 3.58. The van der Waals surface area contributed by atoms with Gasteiger partial charge in [-0.3, -0.25) is 4.79 Å². The zero-order valence-electron chi connectivity index (χ0n) is 9.24. The molecule has 0 saturated heterocycles. The van der Waals surface area contributed by atoms with Crippen molar-refractivity contribution in [3.8, 4) is 0 Å². The van der Waals surface area contributed by atoms with Gasteiger partial charge in [-0.25, -0.2) is 4.98 Å². The number of aliphatic hydroxyl groups excluding tert-OH is 1. The average Bonchev–Trinajstić information content (AvgIpc) is 2.28. The minimum Gasteiger partial charge on any atom is -0.396 e. The Morgan fingerprint density at radius 2 is 2.25 bits per heavy atom. The van der Waals surface area contributed by atoms with Gasteiger partial charge < -0.3 is 15.0 Å². The molecule has 0 bridgehead atoms. The summed E-state index contributed by atoms with van der Waals surface area (Å²) >= 11 is 2.00. The van der Waals surface area contributed by atoms with Gasteiger partial charge in [0.15, 0.2) is 0 Å². The smallest absolute Gasteiger partial charge is 0.266 e. The third kappa shape index (κ3) is 3.75. The van der Waals surface area contributed by atoms with E-state index in [0.29, 0.717) is 9.39 Å². The first-order valence-corrected chi connectivity index (χ1v) is 6.30. The molecular formula is C10H16IN3O2. The number of nitrogens with one attached hydrogen (secondary N) is 1. The molecule has 6 heteroatoms. The second kappa shape index (κ2) is 6.85. The lowest BCUT2D eigenvalue weighted by Crippen LogP contribution is -2.24. The van der Waals surface area contributed by atoms with Crippen molar-refractivity contribution in [2.75, 3.05) is 25.1 Å². The number of anilines is 1. The number of H-pyrrole nitrogens is 1. The van der Waals surface area contributed by atoms with E-state index in [0.717, 1.165) is 25.8 Å². The summed E-state index contributed by atoms with van der Waals surface area (Å²) in [5.74, 6) is 0.716. The molecule has 0 saturated carbocycles. The summed E-state index contributed by atoms with van der Waals surface area (Å²) in [5.41, 5.74) is -0.104. The van der Waals surface area contributed by atoms with Crippen molar-refractivity contribution in [1.82, 2.24) is 9.97 Å². The third-order valence-electron chi connectivity index (χ3n) is 2.29. The number of aliphatic hydroxyl groups is 1. The number of aromatic amines is 1. The van der Waals surface area contributed by atoms with Crippen LogP contribution in [-0.4, -0.2) is 35.3 Å². The van der Waals surface area contributed by atoms with E-state index >= 15 is 0 Å². The Labute approximate surface area is 108 Å². The Hall–Kier alpha value is -0.630. The fourth-order valence-corrected chi connectivity index (χ4v) is 2.09. The predicted octanol–water partition coefficient (Wildman–Crippen LogP) is 0.973. The summed E-state index contributed by atoms with van der Waals surface area (Å²) in [6.07, 6.45) is 4.22. The molecule has 0 aliphatic carbocycles. The van der Waals surface area contributed by atoms with E-state index in [1.54, 1.807) is 0 Å². The van der Waals surface area contributed by atoms with Crippen molar-refractivity contribution in [2.24, 2.45) is 0 Å². The molecule has 0 atom stereocenters. The molecule has 0 aliphatic heterocycles. The Balaban J connectivity index is 2.56. The number of hydrogen-bond donors (Lipinski definition) is 2. The van der Waals surface area contributed by atoms with Gasteiger partial charge >= 0.3 is 0 Å². The van der Waals surface area contributed by atoms with Crippen molar-refractivity contribution in [1.29, 1.82) is 0 Å². The molecule has 1 heterocycles. The molecule has 0 aromatic carbocycles. The number of nitrogens with zero attached hydrogens (tertiary/aromatic N) is 2. The Bertz CT molecular complexity index is 381. The van der Waals surface area contributed by atoms with Crippen LogP contribution >= 0.6 is 22.6 Å². The zero-order chi connectivity index (χ0) is 12.0. The minimum atomic E-state index is -0.104. The second-order valence-corrected chi connectivity index (χ2v) is 4.65. The molecule has 0 unspecified atom stereocenters. The molecule has 1 rings (SSSR count). The van der Waals surface area contributed by atoms with Crippen LogP contribution in [0.3, 0.4) is 0 Å². The minimum absolute atomic E-state index is 0.104. The zero-order valence-corrected chi connectivity index (χ0v) is 11.4. The van der Waals surface area contributed by atoms with Gasteiger partial charge in [0.1, 0.15) is 9.39 Å². The SMILES string of the molecule is CN(CCCCCO)c1nc[nH]c(=O)c1I. The van der Waals surface area contributed by atoms with E-state index in [-0.39, 0.29) is 12.2 Å². The highest BCUT2D eigenvalue weighted by Crippen LogP contribution is 2.14. The fraction of sp³-hybridized carbons (Fsp3) is 0.600. The van der Waals surface area contributed by atoms with E-state index in [2.05, 4.69) is 9.97 Å². The molecule has 0 aliphatic rings. The Kier molecular flexibility index (Phi) is 5.75. The van der Waals surface area contributed by atoms with Crippen LogP contribution < -0.4 is 10.5 Å². The largest absolute Gasteiger partial charge is 0.396 e. The van der Waals surface area contributed by atoms with Crippen LogP contribution in [0.2, 0.25) is 0 Å². The highest BCUT2D eigenvalue weighted by molar-refractivity contribution is 14.1. The standard InChI is InChI=1S/C10H16IN3O2/c1-14(5-3-2-4-6-15)9-8(11)10(16)13-7-12-9/h7,15H,2-6H2,1H3,(H,12,13,16). The summed E-state index contributed by atoms with van der Waals surface area (Å²) in [6.45, 7) is 1.08. The van der Waals surface area contributed by atoms with E-state index in [1.165, 1.54) is 6.33 Å². The molecule has 5 nitrogen and oxygen atoms in total. The number of unbranched alkanes of at least 4 members (excludes halogenated alkanes) is 2. The molecule has 1 aromatic rings. The summed E-state index contributed by atoms with van der Waals surface area (Å²) < 4.78 is 0.616. The van der Waals surface area contributed by atoms with Crippen LogP contribution in [-0.2, 0) is 0 Å². The van der Waals surface area contributed by atoms with Gasteiger partial charge in [0, 0.05) is 20.2 Å². The van der Waals surface area contributed by atoms with Gasteiger partial charge in [0.05, 0.1) is 6.33 Å². The van der Waals surface area contributed by atoms with Gasteiger partial charge in [-0.1, -0.05) is 0 Å². The number of aromatic nitrogens is 2. The fourth-order valence-electron chi connectivity index (χ4n) is 1.38. The molecule has 0 spiro atoms. The van der Waals surface area contributed by atoms with E-state index in [4.69, 9.17) is 5.11 Å². The first kappa shape index (κ1) is 13.4. The van der Waals surface area contributed by atoms with Crippen LogP contribution in [0.4, 0.5) is 5.82 Å². The first-order chi connectivity index (χ1) is 7.66. The Morgan fingerprint density at radius 3 is 2.94 bits per heavy atom. The number of hydrogen-bond acceptors (Lipinski definition) is 4. The number of halogens is 1. The van der Waals surface area contributed by atoms with Crippen LogP contribution in [0.25, 0.3) is 0 Å². The summed E-state index contributed by atoms with van der Waals surface area (Å²) in [4.78, 5) is 20.0. The molecule has 2 N–H and O–H groups in total. The van der Waals surface area contributed by atoms with Crippen molar-refractivity contribution in [2.45, 2.75) is 19.3 Å². The summed E-state index contributed by atoms with van der Waals surface area (Å²) in [5, 5.41) is 8.66. The van der Waals surface area contributed by atoms with Crippen molar-refractivity contribution < 1.29 is 5.11 Å². The normalized spacial score (nSPS) is 10.4. The highest BCUT2D eigenvalue weighted by atomic mass is 127. The van der Waals surface area contributed by atoms with Gasteiger partial charge in [0.25, 0.3) is 5.56 Å². The molecule has 1 aromatic heterocycles. The van der Waals surface area contributed by atoms with E-state index in [9.17, 15) is 4.79 Å². The maximum Gasteiger partial charge on any atom is 0.266 e. The van der Waals surface area contributed by atoms with Crippen molar-refractivity contribution >= 4 is 28.4 Å². The monoisotopic (exact) mass is 337 g/mol. The average molecular weight is 337 g/mol. The van der Waals surface area contributed by atoms with Crippen molar-refractivity contribution in [3.63, 3.8) is 0 Å². The first-order valence-electron chi connectivity index (χ1n) is 5.22. The van der Waals surface area contributed by atoms with Gasteiger partial charge in [-0.2, -0.15) is 0 Å². The van der Waals surface area contributed by atoms with Crippen LogP contribution in [0.5, 0.6) is 0 Å². The molecule has 0 radical (unpaired) electrons. The molecule has 90 valence electrons. The third-order valence-corrected chi connectivity index (χ3v) is 3.26. The number of rotatable bonds is 6. The van der Waals surface area contributed by atoms with E-state index < -0.39 is 0 Å². The summed E-state index contributed by atoms with van der Waals surface area (Å²) in [7, 11) is 1.92. The molecule has 0 amide bonds.